The van der Waals surface area contributed by atoms with Gasteiger partial charge in [-0.3, -0.25) is 4.79 Å². The SMILES string of the molecule is CC[C@H](CO)NC(=O)c1csc(-c2ccc(Cl)cc2)n1. The molecule has 1 aromatic heterocycles. The summed E-state index contributed by atoms with van der Waals surface area (Å²) in [5, 5.41) is 15.0. The summed E-state index contributed by atoms with van der Waals surface area (Å²) in [7, 11) is 0. The molecule has 0 fully saturated rings. The lowest BCUT2D eigenvalue weighted by Crippen LogP contribution is -2.37. The van der Waals surface area contributed by atoms with Crippen molar-refractivity contribution in [3.63, 3.8) is 0 Å². The molecule has 20 heavy (non-hydrogen) atoms. The molecule has 1 heterocycles. The first-order chi connectivity index (χ1) is 9.63. The van der Waals surface area contributed by atoms with Crippen molar-refractivity contribution in [3.05, 3.63) is 40.4 Å². The molecule has 0 spiro atoms. The lowest BCUT2D eigenvalue weighted by atomic mass is 10.2. The van der Waals surface area contributed by atoms with E-state index in [9.17, 15) is 4.79 Å². The number of aliphatic hydroxyl groups is 1. The van der Waals surface area contributed by atoms with E-state index in [1.54, 1.807) is 17.5 Å². The van der Waals surface area contributed by atoms with Gasteiger partial charge in [-0.25, -0.2) is 4.98 Å². The lowest BCUT2D eigenvalue weighted by molar-refractivity contribution is 0.0910. The fourth-order valence-corrected chi connectivity index (χ4v) is 2.57. The molecule has 0 saturated carbocycles. The number of rotatable bonds is 5. The molecule has 1 aromatic carbocycles. The Hall–Kier alpha value is -1.43. The number of benzene rings is 1. The van der Waals surface area contributed by atoms with Gasteiger partial charge in [0.05, 0.1) is 12.6 Å². The maximum Gasteiger partial charge on any atom is 0.271 e. The van der Waals surface area contributed by atoms with Gasteiger partial charge in [0.2, 0.25) is 0 Å². The predicted octanol–water partition coefficient (Wildman–Crippen LogP) is 2.96. The van der Waals surface area contributed by atoms with Crippen molar-refractivity contribution >= 4 is 28.8 Å². The number of aromatic nitrogens is 1. The Morgan fingerprint density at radius 3 is 2.75 bits per heavy atom. The van der Waals surface area contributed by atoms with Crippen LogP contribution < -0.4 is 5.32 Å². The zero-order chi connectivity index (χ0) is 14.5. The van der Waals surface area contributed by atoms with E-state index in [2.05, 4.69) is 10.3 Å². The van der Waals surface area contributed by atoms with Crippen molar-refractivity contribution in [2.75, 3.05) is 6.61 Å². The van der Waals surface area contributed by atoms with Crippen molar-refractivity contribution in [1.82, 2.24) is 10.3 Å². The maximum atomic E-state index is 12.0. The van der Waals surface area contributed by atoms with Gasteiger partial charge in [-0.05, 0) is 18.6 Å². The van der Waals surface area contributed by atoms with Gasteiger partial charge in [0.15, 0.2) is 0 Å². The second-order valence-corrected chi connectivity index (χ2v) is 5.60. The monoisotopic (exact) mass is 310 g/mol. The van der Waals surface area contributed by atoms with E-state index in [-0.39, 0.29) is 18.6 Å². The smallest absolute Gasteiger partial charge is 0.271 e. The largest absolute Gasteiger partial charge is 0.394 e. The normalized spacial score (nSPS) is 12.2. The van der Waals surface area contributed by atoms with E-state index in [1.807, 2.05) is 19.1 Å². The van der Waals surface area contributed by atoms with Crippen molar-refractivity contribution in [3.8, 4) is 10.6 Å². The van der Waals surface area contributed by atoms with Crippen molar-refractivity contribution < 1.29 is 9.90 Å². The van der Waals surface area contributed by atoms with E-state index in [0.29, 0.717) is 17.1 Å². The van der Waals surface area contributed by atoms with Crippen LogP contribution in [0.1, 0.15) is 23.8 Å². The number of nitrogens with one attached hydrogen (secondary N) is 1. The second kappa shape index (κ2) is 6.83. The first kappa shape index (κ1) is 15.0. The molecule has 2 aromatic rings. The Bertz CT molecular complexity index is 579. The van der Waals surface area contributed by atoms with Crippen LogP contribution in [0.3, 0.4) is 0 Å². The van der Waals surface area contributed by atoms with Gasteiger partial charge in [-0.15, -0.1) is 11.3 Å². The first-order valence-electron chi connectivity index (χ1n) is 6.27. The number of carbonyl (C=O) groups is 1. The Balaban J connectivity index is 2.12. The quantitative estimate of drug-likeness (QED) is 0.892. The van der Waals surface area contributed by atoms with Crippen LogP contribution in [-0.2, 0) is 0 Å². The minimum absolute atomic E-state index is 0.0730. The second-order valence-electron chi connectivity index (χ2n) is 4.31. The maximum absolute atomic E-state index is 12.0. The highest BCUT2D eigenvalue weighted by molar-refractivity contribution is 7.13. The third-order valence-corrected chi connectivity index (χ3v) is 4.02. The van der Waals surface area contributed by atoms with Gasteiger partial charge < -0.3 is 10.4 Å². The van der Waals surface area contributed by atoms with Crippen LogP contribution in [0.5, 0.6) is 0 Å². The molecule has 106 valence electrons. The van der Waals surface area contributed by atoms with E-state index in [4.69, 9.17) is 16.7 Å². The van der Waals surface area contributed by atoms with E-state index in [0.717, 1.165) is 10.6 Å². The Kier molecular flexibility index (Phi) is 5.11. The molecular weight excluding hydrogens is 296 g/mol. The zero-order valence-electron chi connectivity index (χ0n) is 11.0. The van der Waals surface area contributed by atoms with Gasteiger partial charge in [0.1, 0.15) is 10.7 Å². The summed E-state index contributed by atoms with van der Waals surface area (Å²) in [6.07, 6.45) is 0.677. The third kappa shape index (κ3) is 3.56. The minimum Gasteiger partial charge on any atom is -0.394 e. The van der Waals surface area contributed by atoms with Gasteiger partial charge in [-0.2, -0.15) is 0 Å². The molecule has 0 unspecified atom stereocenters. The molecule has 0 bridgehead atoms. The fourth-order valence-electron chi connectivity index (χ4n) is 1.64. The molecule has 0 radical (unpaired) electrons. The molecule has 6 heteroatoms. The highest BCUT2D eigenvalue weighted by atomic mass is 35.5. The number of thiazole rings is 1. The Labute approximate surface area is 126 Å². The number of aliphatic hydroxyl groups excluding tert-OH is 1. The highest BCUT2D eigenvalue weighted by Gasteiger charge is 2.15. The predicted molar refractivity (Wildman–Crippen MR) is 81.2 cm³/mol. The van der Waals surface area contributed by atoms with Crippen LogP contribution in [0.2, 0.25) is 5.02 Å². The molecule has 1 amide bonds. The fraction of sp³-hybridized carbons (Fsp3) is 0.286. The summed E-state index contributed by atoms with van der Waals surface area (Å²) >= 11 is 7.24. The summed E-state index contributed by atoms with van der Waals surface area (Å²) in [6, 6.07) is 7.08. The summed E-state index contributed by atoms with van der Waals surface area (Å²) in [5.74, 6) is -0.262. The van der Waals surface area contributed by atoms with Gasteiger partial charge >= 0.3 is 0 Å². The van der Waals surface area contributed by atoms with Crippen LogP contribution >= 0.6 is 22.9 Å². The first-order valence-corrected chi connectivity index (χ1v) is 7.53. The average molecular weight is 311 g/mol. The highest BCUT2D eigenvalue weighted by Crippen LogP contribution is 2.25. The van der Waals surface area contributed by atoms with Crippen LogP contribution in [0.4, 0.5) is 0 Å². The number of hydrogen-bond acceptors (Lipinski definition) is 4. The minimum atomic E-state index is -0.262. The Morgan fingerprint density at radius 2 is 2.15 bits per heavy atom. The number of carbonyl (C=O) groups excluding carboxylic acids is 1. The summed E-state index contributed by atoms with van der Waals surface area (Å²) in [4.78, 5) is 16.3. The molecule has 1 atom stereocenters. The van der Waals surface area contributed by atoms with Crippen LogP contribution in [0, 0.1) is 0 Å². The van der Waals surface area contributed by atoms with Gasteiger partial charge in [0.25, 0.3) is 5.91 Å². The van der Waals surface area contributed by atoms with Crippen LogP contribution in [0.25, 0.3) is 10.6 Å². The van der Waals surface area contributed by atoms with Crippen LogP contribution in [0.15, 0.2) is 29.6 Å². The zero-order valence-corrected chi connectivity index (χ0v) is 12.5. The third-order valence-electron chi connectivity index (χ3n) is 2.88. The molecule has 0 aliphatic rings. The molecule has 2 N–H and O–H groups in total. The molecule has 0 aliphatic carbocycles. The van der Waals surface area contributed by atoms with E-state index >= 15 is 0 Å². The van der Waals surface area contributed by atoms with E-state index < -0.39 is 0 Å². The molecule has 4 nitrogen and oxygen atoms in total. The summed E-state index contributed by atoms with van der Waals surface area (Å²) < 4.78 is 0. The molecule has 2 rings (SSSR count). The number of halogens is 1. The van der Waals surface area contributed by atoms with Gasteiger partial charge in [-0.1, -0.05) is 30.7 Å². The van der Waals surface area contributed by atoms with E-state index in [1.165, 1.54) is 11.3 Å². The number of hydrogen-bond donors (Lipinski definition) is 2. The molecular formula is C14H15ClN2O2S. The topological polar surface area (TPSA) is 62.2 Å². The molecule has 0 saturated heterocycles. The average Bonchev–Trinajstić information content (AvgIpc) is 2.95. The van der Waals surface area contributed by atoms with Crippen molar-refractivity contribution in [2.45, 2.75) is 19.4 Å². The van der Waals surface area contributed by atoms with Gasteiger partial charge in [0, 0.05) is 16.0 Å². The summed E-state index contributed by atoms with van der Waals surface area (Å²) in [6.45, 7) is 1.83. The number of nitrogens with zero attached hydrogens (tertiary/aromatic N) is 1. The standard InChI is InChI=1S/C14H15ClN2O2S/c1-2-11(7-18)16-13(19)12-8-20-14(17-12)9-3-5-10(15)6-4-9/h3-6,8,11,18H,2,7H2,1H3,(H,16,19)/t11-/m1/s1. The molecule has 0 aliphatic heterocycles. The Morgan fingerprint density at radius 1 is 1.45 bits per heavy atom. The lowest BCUT2D eigenvalue weighted by Gasteiger charge is -2.12. The van der Waals surface area contributed by atoms with Crippen molar-refractivity contribution in [2.24, 2.45) is 0 Å². The van der Waals surface area contributed by atoms with Crippen molar-refractivity contribution in [1.29, 1.82) is 0 Å². The number of amides is 1. The summed E-state index contributed by atoms with van der Waals surface area (Å²) in [5.41, 5.74) is 1.29. The van der Waals surface area contributed by atoms with Crippen LogP contribution in [-0.4, -0.2) is 28.6 Å².